The maximum absolute atomic E-state index is 11.3. The highest BCUT2D eigenvalue weighted by atomic mass is 31.2. The standard InChI is InChI=1S/C8H19N2O5P/c1-5-9-8(11)6-14-16(12,13)15-7-10(2,3)4/h5-7H2,1-4H3,(H-,9,11,12,13)/p+1. The van der Waals surface area contributed by atoms with E-state index in [1.807, 2.05) is 0 Å². The van der Waals surface area contributed by atoms with Crippen LogP contribution >= 0.6 is 7.82 Å². The fourth-order valence-corrected chi connectivity index (χ4v) is 1.52. The van der Waals surface area contributed by atoms with Gasteiger partial charge in [0.25, 0.3) is 0 Å². The van der Waals surface area contributed by atoms with Crippen molar-refractivity contribution in [3.8, 4) is 0 Å². The second-order valence-corrected chi connectivity index (χ2v) is 5.70. The van der Waals surface area contributed by atoms with Crippen LogP contribution in [0.1, 0.15) is 6.92 Å². The van der Waals surface area contributed by atoms with Crippen LogP contribution in [0.4, 0.5) is 0 Å². The summed E-state index contributed by atoms with van der Waals surface area (Å²) < 4.78 is 20.9. The molecular weight excluding hydrogens is 235 g/mol. The third kappa shape index (κ3) is 8.82. The maximum atomic E-state index is 11.3. The summed E-state index contributed by atoms with van der Waals surface area (Å²) in [7, 11) is 1.24. The van der Waals surface area contributed by atoms with Crippen molar-refractivity contribution in [2.45, 2.75) is 6.92 Å². The molecule has 0 saturated heterocycles. The van der Waals surface area contributed by atoms with Crippen LogP contribution in [0.2, 0.25) is 0 Å². The van der Waals surface area contributed by atoms with E-state index in [4.69, 9.17) is 4.52 Å². The zero-order valence-electron chi connectivity index (χ0n) is 10.1. The van der Waals surface area contributed by atoms with Crippen LogP contribution in [-0.2, 0) is 18.4 Å². The van der Waals surface area contributed by atoms with Gasteiger partial charge >= 0.3 is 7.82 Å². The van der Waals surface area contributed by atoms with Crippen LogP contribution in [0, 0.1) is 0 Å². The lowest BCUT2D eigenvalue weighted by Gasteiger charge is -2.24. The number of nitrogens with zero attached hydrogens (tertiary/aromatic N) is 1. The van der Waals surface area contributed by atoms with Crippen LogP contribution in [0.25, 0.3) is 0 Å². The molecule has 16 heavy (non-hydrogen) atoms. The molecule has 8 heteroatoms. The molecule has 1 atom stereocenters. The number of hydrogen-bond donors (Lipinski definition) is 2. The number of amides is 1. The van der Waals surface area contributed by atoms with Crippen LogP contribution < -0.4 is 5.32 Å². The van der Waals surface area contributed by atoms with Gasteiger partial charge in [-0.1, -0.05) is 0 Å². The molecule has 0 aromatic heterocycles. The summed E-state index contributed by atoms with van der Waals surface area (Å²) in [6.45, 7) is 1.71. The third-order valence-electron chi connectivity index (χ3n) is 1.34. The summed E-state index contributed by atoms with van der Waals surface area (Å²) in [6, 6.07) is 0. The third-order valence-corrected chi connectivity index (χ3v) is 2.24. The number of hydrogen-bond acceptors (Lipinski definition) is 4. The Kier molecular flexibility index (Phi) is 6.14. The van der Waals surface area contributed by atoms with E-state index in [-0.39, 0.29) is 6.73 Å². The molecule has 0 fully saturated rings. The molecule has 0 saturated carbocycles. The molecule has 0 aliphatic rings. The monoisotopic (exact) mass is 255 g/mol. The SMILES string of the molecule is CCNC(=O)COP(=O)(O)OC[N+](C)(C)C. The van der Waals surface area contributed by atoms with Crippen LogP contribution in [0.15, 0.2) is 0 Å². The van der Waals surface area contributed by atoms with Gasteiger partial charge in [-0.25, -0.2) is 9.09 Å². The molecule has 0 aliphatic heterocycles. The fourth-order valence-electron chi connectivity index (χ4n) is 0.672. The van der Waals surface area contributed by atoms with Gasteiger partial charge in [-0.3, -0.25) is 9.32 Å². The van der Waals surface area contributed by atoms with E-state index in [0.717, 1.165) is 0 Å². The summed E-state index contributed by atoms with van der Waals surface area (Å²) >= 11 is 0. The average Bonchev–Trinajstić information content (AvgIpc) is 2.12. The first-order valence-corrected chi connectivity index (χ1v) is 6.35. The zero-order chi connectivity index (χ0) is 12.8. The number of quaternary nitrogens is 1. The predicted molar refractivity (Wildman–Crippen MR) is 58.4 cm³/mol. The smallest absolute Gasteiger partial charge is 0.354 e. The van der Waals surface area contributed by atoms with Crippen molar-refractivity contribution < 1.29 is 27.8 Å². The van der Waals surface area contributed by atoms with Gasteiger partial charge in [0.15, 0.2) is 6.73 Å². The van der Waals surface area contributed by atoms with E-state index in [1.165, 1.54) is 0 Å². The number of nitrogens with one attached hydrogen (secondary N) is 1. The average molecular weight is 255 g/mol. The minimum Gasteiger partial charge on any atom is -0.354 e. The Morgan fingerprint density at radius 3 is 2.38 bits per heavy atom. The van der Waals surface area contributed by atoms with Crippen LogP contribution in [-0.4, -0.2) is 56.3 Å². The summed E-state index contributed by atoms with van der Waals surface area (Å²) in [5.41, 5.74) is 0. The summed E-state index contributed by atoms with van der Waals surface area (Å²) in [6.07, 6.45) is 0. The molecule has 0 aromatic carbocycles. The van der Waals surface area contributed by atoms with E-state index < -0.39 is 20.3 Å². The molecule has 0 aliphatic carbocycles. The van der Waals surface area contributed by atoms with Crippen molar-refractivity contribution in [1.82, 2.24) is 5.32 Å². The lowest BCUT2D eigenvalue weighted by molar-refractivity contribution is -0.887. The molecule has 1 unspecified atom stereocenters. The first-order chi connectivity index (χ1) is 7.16. The number of phosphoric acid groups is 1. The van der Waals surface area contributed by atoms with E-state index in [9.17, 15) is 14.3 Å². The van der Waals surface area contributed by atoms with E-state index in [0.29, 0.717) is 11.0 Å². The van der Waals surface area contributed by atoms with Gasteiger partial charge in [0.1, 0.15) is 6.61 Å². The molecule has 96 valence electrons. The van der Waals surface area contributed by atoms with Crippen molar-refractivity contribution in [1.29, 1.82) is 0 Å². The molecule has 0 radical (unpaired) electrons. The van der Waals surface area contributed by atoms with E-state index in [2.05, 4.69) is 9.84 Å². The van der Waals surface area contributed by atoms with E-state index >= 15 is 0 Å². The Bertz CT molecular complexity index is 276. The van der Waals surface area contributed by atoms with Crippen molar-refractivity contribution >= 4 is 13.7 Å². The molecule has 1 amide bonds. The van der Waals surface area contributed by atoms with Crippen LogP contribution in [0.5, 0.6) is 0 Å². The second-order valence-electron chi connectivity index (χ2n) is 4.24. The van der Waals surface area contributed by atoms with E-state index in [1.54, 1.807) is 28.1 Å². The van der Waals surface area contributed by atoms with Gasteiger partial charge in [-0.2, -0.15) is 0 Å². The molecule has 2 N–H and O–H groups in total. The zero-order valence-corrected chi connectivity index (χ0v) is 11.0. The highest BCUT2D eigenvalue weighted by molar-refractivity contribution is 7.47. The summed E-state index contributed by atoms with van der Waals surface area (Å²) in [4.78, 5) is 20.2. The molecule has 0 spiro atoms. The largest absolute Gasteiger partial charge is 0.477 e. The van der Waals surface area contributed by atoms with Gasteiger partial charge in [-0.15, -0.1) is 0 Å². The lowest BCUT2D eigenvalue weighted by Crippen LogP contribution is -2.36. The minimum atomic E-state index is -4.14. The molecule has 0 aromatic rings. The quantitative estimate of drug-likeness (QED) is 0.377. The summed E-state index contributed by atoms with van der Waals surface area (Å²) in [5.74, 6) is -0.453. The lowest BCUT2D eigenvalue weighted by atomic mass is 10.6. The topological polar surface area (TPSA) is 84.9 Å². The Morgan fingerprint density at radius 2 is 1.94 bits per heavy atom. The highest BCUT2D eigenvalue weighted by Gasteiger charge is 2.25. The Balaban J connectivity index is 3.96. The minimum absolute atomic E-state index is 0.0170. The van der Waals surface area contributed by atoms with Crippen molar-refractivity contribution in [3.05, 3.63) is 0 Å². The van der Waals surface area contributed by atoms with Gasteiger partial charge in [0.05, 0.1) is 21.1 Å². The maximum Gasteiger partial charge on any atom is 0.477 e. The Labute approximate surface area is 95.5 Å². The van der Waals surface area contributed by atoms with Gasteiger partial charge in [-0.05, 0) is 6.92 Å². The molecule has 0 heterocycles. The van der Waals surface area contributed by atoms with Crippen LogP contribution in [0.3, 0.4) is 0 Å². The van der Waals surface area contributed by atoms with Gasteiger partial charge in [0, 0.05) is 6.54 Å². The number of rotatable bonds is 7. The van der Waals surface area contributed by atoms with Crippen molar-refractivity contribution in [2.24, 2.45) is 0 Å². The Morgan fingerprint density at radius 1 is 1.38 bits per heavy atom. The van der Waals surface area contributed by atoms with Crippen molar-refractivity contribution in [2.75, 3.05) is 41.0 Å². The highest BCUT2D eigenvalue weighted by Crippen LogP contribution is 2.43. The number of carbonyl (C=O) groups excluding carboxylic acids is 1. The number of likely N-dealkylation sites (N-methyl/N-ethyl adjacent to an activating group) is 1. The molecule has 0 rings (SSSR count). The molecular formula is C8H20N2O5P+. The molecule has 0 bridgehead atoms. The number of phosphoric ester groups is 1. The first kappa shape index (κ1) is 15.5. The second kappa shape index (κ2) is 6.32. The Hall–Kier alpha value is -0.460. The molecule has 7 nitrogen and oxygen atoms in total. The summed E-state index contributed by atoms with van der Waals surface area (Å²) in [5, 5.41) is 2.43. The fraction of sp³-hybridized carbons (Fsp3) is 0.875. The van der Waals surface area contributed by atoms with Crippen molar-refractivity contribution in [3.63, 3.8) is 0 Å². The van der Waals surface area contributed by atoms with Gasteiger partial charge < -0.3 is 14.7 Å². The van der Waals surface area contributed by atoms with Gasteiger partial charge in [0.2, 0.25) is 5.91 Å². The first-order valence-electron chi connectivity index (χ1n) is 4.85. The normalized spacial score (nSPS) is 15.6. The predicted octanol–water partition coefficient (Wildman–Crippen LogP) is -0.0802. The number of carbonyl (C=O) groups is 1.